The van der Waals surface area contributed by atoms with Crippen LogP contribution in [-0.2, 0) is 4.74 Å². The van der Waals surface area contributed by atoms with Crippen LogP contribution in [0.1, 0.15) is 26.7 Å². The maximum Gasteiger partial charge on any atom is 0.188 e. The molecule has 0 aromatic carbocycles. The summed E-state index contributed by atoms with van der Waals surface area (Å²) in [6, 6.07) is 0.323. The third-order valence-electron chi connectivity index (χ3n) is 3.35. The number of nitrogens with one attached hydrogen (secondary N) is 1. The summed E-state index contributed by atoms with van der Waals surface area (Å²) < 4.78 is 5.42. The number of rotatable bonds is 4. The Morgan fingerprint density at radius 1 is 1.41 bits per heavy atom. The molecule has 1 aliphatic rings. The van der Waals surface area contributed by atoms with E-state index in [0.29, 0.717) is 12.0 Å². The smallest absolute Gasteiger partial charge is 0.188 e. The molecule has 1 rings (SSSR count). The monoisotopic (exact) mass is 242 g/mol. The molecule has 17 heavy (non-hydrogen) atoms. The Balaban J connectivity index is 2.61. The summed E-state index contributed by atoms with van der Waals surface area (Å²) in [5.41, 5.74) is 5.94. The van der Waals surface area contributed by atoms with E-state index < -0.39 is 0 Å². The Labute approximate surface area is 104 Å². The molecule has 5 heteroatoms. The van der Waals surface area contributed by atoms with E-state index in [1.165, 1.54) is 0 Å². The lowest BCUT2D eigenvalue weighted by Gasteiger charge is -2.41. The summed E-state index contributed by atoms with van der Waals surface area (Å²) in [6.45, 7) is 6.46. The minimum atomic E-state index is 0.0987. The fourth-order valence-corrected chi connectivity index (χ4v) is 2.07. The summed E-state index contributed by atoms with van der Waals surface area (Å²) in [4.78, 5) is 6.72. The predicted octanol–water partition coefficient (Wildman–Crippen LogP) is 0.410. The van der Waals surface area contributed by atoms with Gasteiger partial charge in [0, 0.05) is 24.8 Å². The zero-order chi connectivity index (χ0) is 12.9. The van der Waals surface area contributed by atoms with Gasteiger partial charge in [0.25, 0.3) is 0 Å². The first-order valence-corrected chi connectivity index (χ1v) is 6.28. The second-order valence-corrected chi connectivity index (χ2v) is 5.23. The van der Waals surface area contributed by atoms with Gasteiger partial charge in [-0.2, -0.15) is 0 Å². The number of nitrogens with zero attached hydrogens (tertiary/aromatic N) is 2. The van der Waals surface area contributed by atoms with Gasteiger partial charge >= 0.3 is 0 Å². The zero-order valence-electron chi connectivity index (χ0n) is 11.5. The molecule has 0 amide bonds. The minimum Gasteiger partial charge on any atom is -0.381 e. The molecule has 0 saturated carbocycles. The van der Waals surface area contributed by atoms with E-state index in [2.05, 4.69) is 43.2 Å². The van der Waals surface area contributed by atoms with Gasteiger partial charge in [0.1, 0.15) is 0 Å². The molecule has 1 saturated heterocycles. The highest BCUT2D eigenvalue weighted by molar-refractivity contribution is 5.78. The summed E-state index contributed by atoms with van der Waals surface area (Å²) >= 11 is 0. The van der Waals surface area contributed by atoms with Crippen molar-refractivity contribution in [2.75, 3.05) is 33.9 Å². The lowest BCUT2D eigenvalue weighted by molar-refractivity contribution is -0.00253. The molecular formula is C12H26N4O. The highest BCUT2D eigenvalue weighted by Crippen LogP contribution is 2.26. The largest absolute Gasteiger partial charge is 0.381 e. The highest BCUT2D eigenvalue weighted by Gasteiger charge is 2.34. The summed E-state index contributed by atoms with van der Waals surface area (Å²) in [5, 5.41) is 3.12. The van der Waals surface area contributed by atoms with Crippen LogP contribution >= 0.6 is 0 Å². The SMILES string of the molecule is CC(C)NC(N)=NCC1(N(C)C)CCOCC1. The predicted molar refractivity (Wildman–Crippen MR) is 71.2 cm³/mol. The van der Waals surface area contributed by atoms with Crippen LogP contribution in [0.15, 0.2) is 4.99 Å². The molecule has 0 unspecified atom stereocenters. The maximum absolute atomic E-state index is 5.84. The molecule has 0 aromatic rings. The van der Waals surface area contributed by atoms with Crippen molar-refractivity contribution in [3.05, 3.63) is 0 Å². The molecule has 0 atom stereocenters. The fraction of sp³-hybridized carbons (Fsp3) is 0.917. The Morgan fingerprint density at radius 2 is 2.00 bits per heavy atom. The molecule has 100 valence electrons. The van der Waals surface area contributed by atoms with Gasteiger partial charge < -0.3 is 20.7 Å². The summed E-state index contributed by atoms with van der Waals surface area (Å²) in [5.74, 6) is 0.535. The zero-order valence-corrected chi connectivity index (χ0v) is 11.5. The van der Waals surface area contributed by atoms with E-state index in [1.54, 1.807) is 0 Å². The van der Waals surface area contributed by atoms with Gasteiger partial charge in [0.15, 0.2) is 5.96 Å². The van der Waals surface area contributed by atoms with Crippen molar-refractivity contribution >= 4 is 5.96 Å². The molecule has 0 radical (unpaired) electrons. The quantitative estimate of drug-likeness (QED) is 0.554. The number of likely N-dealkylation sites (N-methyl/N-ethyl adjacent to an activating group) is 1. The van der Waals surface area contributed by atoms with Gasteiger partial charge in [-0.1, -0.05) is 0 Å². The average molecular weight is 242 g/mol. The van der Waals surface area contributed by atoms with E-state index in [-0.39, 0.29) is 5.54 Å². The van der Waals surface area contributed by atoms with Crippen LogP contribution in [0.2, 0.25) is 0 Å². The van der Waals surface area contributed by atoms with Crippen LogP contribution < -0.4 is 11.1 Å². The topological polar surface area (TPSA) is 62.9 Å². The molecule has 1 fully saturated rings. The maximum atomic E-state index is 5.84. The van der Waals surface area contributed by atoms with Crippen LogP contribution in [0.3, 0.4) is 0 Å². The number of ether oxygens (including phenoxy) is 1. The van der Waals surface area contributed by atoms with Crippen molar-refractivity contribution in [1.82, 2.24) is 10.2 Å². The molecule has 3 N–H and O–H groups in total. The first kappa shape index (κ1) is 14.3. The lowest BCUT2D eigenvalue weighted by Crippen LogP contribution is -2.51. The van der Waals surface area contributed by atoms with Crippen LogP contribution in [0, 0.1) is 0 Å². The number of guanidine groups is 1. The van der Waals surface area contributed by atoms with E-state index in [4.69, 9.17) is 10.5 Å². The molecule has 1 aliphatic heterocycles. The van der Waals surface area contributed by atoms with E-state index in [0.717, 1.165) is 32.6 Å². The molecular weight excluding hydrogens is 216 g/mol. The third kappa shape index (κ3) is 4.16. The molecule has 0 bridgehead atoms. The Hall–Kier alpha value is -0.810. The first-order chi connectivity index (χ1) is 7.96. The standard InChI is InChI=1S/C12H26N4O/c1-10(2)15-11(13)14-9-12(16(3)4)5-7-17-8-6-12/h10H,5-9H2,1-4H3,(H3,13,14,15). The van der Waals surface area contributed by atoms with Gasteiger partial charge in [-0.25, -0.2) is 0 Å². The van der Waals surface area contributed by atoms with Gasteiger partial charge in [-0.15, -0.1) is 0 Å². The Morgan fingerprint density at radius 3 is 2.47 bits per heavy atom. The van der Waals surface area contributed by atoms with Gasteiger partial charge in [-0.3, -0.25) is 4.99 Å². The molecule has 1 heterocycles. The Kier molecular flexibility index (Phi) is 5.21. The summed E-state index contributed by atoms with van der Waals surface area (Å²) in [7, 11) is 4.21. The second kappa shape index (κ2) is 6.21. The van der Waals surface area contributed by atoms with Crippen molar-refractivity contribution < 1.29 is 4.74 Å². The average Bonchev–Trinajstić information content (AvgIpc) is 2.26. The molecule has 0 aromatic heterocycles. The van der Waals surface area contributed by atoms with Crippen LogP contribution in [-0.4, -0.2) is 56.3 Å². The number of hydrogen-bond acceptors (Lipinski definition) is 3. The molecule has 0 spiro atoms. The number of aliphatic imine (C=N–C) groups is 1. The van der Waals surface area contributed by atoms with Crippen molar-refractivity contribution in [3.8, 4) is 0 Å². The van der Waals surface area contributed by atoms with Gasteiger partial charge in [0.05, 0.1) is 6.54 Å². The highest BCUT2D eigenvalue weighted by atomic mass is 16.5. The normalized spacial score (nSPS) is 20.9. The van der Waals surface area contributed by atoms with E-state index in [1.807, 2.05) is 0 Å². The van der Waals surface area contributed by atoms with Crippen molar-refractivity contribution in [2.45, 2.75) is 38.3 Å². The van der Waals surface area contributed by atoms with Crippen molar-refractivity contribution in [1.29, 1.82) is 0 Å². The van der Waals surface area contributed by atoms with Crippen LogP contribution in [0.5, 0.6) is 0 Å². The molecule has 0 aliphatic carbocycles. The van der Waals surface area contributed by atoms with Crippen LogP contribution in [0.25, 0.3) is 0 Å². The van der Waals surface area contributed by atoms with Gasteiger partial charge in [0.2, 0.25) is 0 Å². The van der Waals surface area contributed by atoms with Crippen molar-refractivity contribution in [3.63, 3.8) is 0 Å². The van der Waals surface area contributed by atoms with Crippen LogP contribution in [0.4, 0.5) is 0 Å². The van der Waals surface area contributed by atoms with Gasteiger partial charge in [-0.05, 0) is 40.8 Å². The summed E-state index contributed by atoms with van der Waals surface area (Å²) in [6.07, 6.45) is 2.02. The number of hydrogen-bond donors (Lipinski definition) is 2. The van der Waals surface area contributed by atoms with E-state index in [9.17, 15) is 0 Å². The molecule has 5 nitrogen and oxygen atoms in total. The third-order valence-corrected chi connectivity index (χ3v) is 3.35. The lowest BCUT2D eigenvalue weighted by atomic mass is 9.89. The Bertz CT molecular complexity index is 257. The number of nitrogens with two attached hydrogens (primary N) is 1. The minimum absolute atomic E-state index is 0.0987. The van der Waals surface area contributed by atoms with E-state index >= 15 is 0 Å². The first-order valence-electron chi connectivity index (χ1n) is 6.28. The fourth-order valence-electron chi connectivity index (χ4n) is 2.07. The second-order valence-electron chi connectivity index (χ2n) is 5.23. The van der Waals surface area contributed by atoms with Crippen molar-refractivity contribution in [2.24, 2.45) is 10.7 Å².